The van der Waals surface area contributed by atoms with E-state index in [1.807, 2.05) is 0 Å². The third kappa shape index (κ3) is 16.6. The van der Waals surface area contributed by atoms with Gasteiger partial charge in [0.15, 0.2) is 0 Å². The van der Waals surface area contributed by atoms with Crippen LogP contribution in [0.25, 0.3) is 0 Å². The molecule has 0 saturated heterocycles. The number of nitriles is 2. The van der Waals surface area contributed by atoms with Crippen molar-refractivity contribution in [3.8, 4) is 12.1 Å². The molecule has 4 aromatic carbocycles. The minimum absolute atomic E-state index is 0.0280. The van der Waals surface area contributed by atoms with Gasteiger partial charge in [0.2, 0.25) is 0 Å². The van der Waals surface area contributed by atoms with Crippen molar-refractivity contribution in [3.63, 3.8) is 0 Å². The summed E-state index contributed by atoms with van der Waals surface area (Å²) >= 11 is 0. The highest BCUT2D eigenvalue weighted by Gasteiger charge is 2.45. The second-order valence-corrected chi connectivity index (χ2v) is 21.5. The molecular formula is C64H76F6N7O7+. The fourth-order valence-electron chi connectivity index (χ4n) is 11.1. The van der Waals surface area contributed by atoms with Crippen LogP contribution in [-0.4, -0.2) is 105 Å². The Morgan fingerprint density at radius 3 is 1.24 bits per heavy atom. The fraction of sp³-hybridized carbons (Fsp3) is 0.469. The number of methoxy groups -OCH3 is 1. The molecule has 0 unspecified atom stereocenters. The number of halogens is 6. The molecule has 0 aliphatic carbocycles. The molecule has 0 saturated carbocycles. The Hall–Kier alpha value is -7.68. The molecule has 4 aromatic rings. The molecule has 2 aliphatic rings. The Morgan fingerprint density at radius 2 is 0.905 bits per heavy atom. The van der Waals surface area contributed by atoms with E-state index in [9.17, 15) is 56.0 Å². The van der Waals surface area contributed by atoms with Crippen LogP contribution in [0.15, 0.2) is 120 Å². The third-order valence-corrected chi connectivity index (χ3v) is 15.6. The van der Waals surface area contributed by atoms with Crippen LogP contribution >= 0.6 is 0 Å². The first kappa shape index (κ1) is 65.5. The molecule has 0 bridgehead atoms. The van der Waals surface area contributed by atoms with Gasteiger partial charge >= 0.3 is 36.4 Å². The summed E-state index contributed by atoms with van der Waals surface area (Å²) in [6.45, 7) is 10.1. The number of benzene rings is 4. The largest absolute Gasteiger partial charge is 0.463 e. The first-order valence-electron chi connectivity index (χ1n) is 28.8. The van der Waals surface area contributed by atoms with E-state index >= 15 is 0 Å². The zero-order chi connectivity index (χ0) is 61.2. The van der Waals surface area contributed by atoms with E-state index in [1.165, 1.54) is 47.9 Å². The molecule has 14 nitrogen and oxygen atoms in total. The predicted molar refractivity (Wildman–Crippen MR) is 307 cm³/mol. The Bertz CT molecular complexity index is 2860. The summed E-state index contributed by atoms with van der Waals surface area (Å²) in [5.41, 5.74) is 0.430. The second kappa shape index (κ2) is 30.2. The third-order valence-electron chi connectivity index (χ3n) is 15.6. The van der Waals surface area contributed by atoms with Crippen molar-refractivity contribution in [1.82, 2.24) is 9.80 Å². The summed E-state index contributed by atoms with van der Waals surface area (Å²) in [5.74, 6) is -1.41. The lowest BCUT2D eigenvalue weighted by Crippen LogP contribution is -2.51. The Balaban J connectivity index is 1.03. The number of anilines is 2. The van der Waals surface area contributed by atoms with Gasteiger partial charge in [0.1, 0.15) is 6.54 Å². The summed E-state index contributed by atoms with van der Waals surface area (Å²) in [6.07, 6.45) is 0.723. The van der Waals surface area contributed by atoms with Gasteiger partial charge in [-0.05, 0) is 138 Å². The zero-order valence-corrected chi connectivity index (χ0v) is 48.8. The number of hydrogen-bond acceptors (Lipinski definition) is 9. The number of rotatable bonds is 29. The van der Waals surface area contributed by atoms with Crippen LogP contribution in [0.4, 0.5) is 47.3 Å². The maximum absolute atomic E-state index is 14.6. The number of amides is 4. The van der Waals surface area contributed by atoms with Gasteiger partial charge in [-0.1, -0.05) is 74.9 Å². The van der Waals surface area contributed by atoms with Crippen molar-refractivity contribution in [1.29, 1.82) is 10.5 Å². The monoisotopic (exact) mass is 1170 g/mol. The maximum Gasteiger partial charge on any atom is 0.416 e. The average Bonchev–Trinajstić information content (AvgIpc) is 2.35. The maximum atomic E-state index is 14.6. The van der Waals surface area contributed by atoms with Crippen LogP contribution in [0.5, 0.6) is 0 Å². The molecule has 0 spiro atoms. The highest BCUT2D eigenvalue weighted by Crippen LogP contribution is 2.44. The standard InChI is InChI=1S/C64H76F6N7O7/c1-7-83-59(78)55-45(3)75(53-25-21-23-51(41-53)63(65,66)67)61(80)73(57(55)49-31-27-47(43-71)28-32-49)35-17-13-9-11-15-19-37-77(5,39-40-82-6)38-20-16-12-10-14-18-36-74-58(50-33-29-48(44-72)30-34-50)56(60(79)84-8-2)46(4)76(62(74)81)54-26-22-24-52(42-54)64(68,69)70/h21-34,41-42,57-58H,7-20,35-40H2,1-6H3/q+1/t57-,58-/m1/s1. The molecule has 84 heavy (non-hydrogen) atoms. The first-order chi connectivity index (χ1) is 40.1. The average molecular weight is 1170 g/mol. The topological polar surface area (TPSA) is 157 Å². The van der Waals surface area contributed by atoms with Crippen LogP contribution in [-0.2, 0) is 36.2 Å². The molecule has 0 radical (unpaired) electrons. The molecule has 0 fully saturated rings. The second-order valence-electron chi connectivity index (χ2n) is 21.5. The number of likely N-dealkylation sites (N-methyl/N-ethyl adjacent to an activating group) is 1. The van der Waals surface area contributed by atoms with Gasteiger partial charge < -0.3 is 28.5 Å². The Morgan fingerprint density at radius 1 is 0.548 bits per heavy atom. The van der Waals surface area contributed by atoms with E-state index in [0.717, 1.165) is 122 Å². The van der Waals surface area contributed by atoms with E-state index in [2.05, 4.69) is 19.2 Å². The van der Waals surface area contributed by atoms with E-state index in [0.29, 0.717) is 41.7 Å². The van der Waals surface area contributed by atoms with Gasteiger partial charge in [0.25, 0.3) is 0 Å². The van der Waals surface area contributed by atoms with Crippen molar-refractivity contribution in [2.75, 3.05) is 76.5 Å². The van der Waals surface area contributed by atoms with Gasteiger partial charge in [-0.3, -0.25) is 9.80 Å². The number of nitrogens with zero attached hydrogens (tertiary/aromatic N) is 7. The minimum Gasteiger partial charge on any atom is -0.463 e. The number of carbonyl (C=O) groups excluding carboxylic acids is 4. The number of allylic oxidation sites excluding steroid dienone is 2. The van der Waals surface area contributed by atoms with Gasteiger partial charge in [-0.2, -0.15) is 36.9 Å². The van der Waals surface area contributed by atoms with E-state index in [4.69, 9.17) is 14.2 Å². The van der Waals surface area contributed by atoms with Crippen LogP contribution in [0, 0.1) is 22.7 Å². The molecule has 0 aromatic heterocycles. The fourth-order valence-corrected chi connectivity index (χ4v) is 11.1. The molecule has 0 N–H and O–H groups in total. The molecule has 20 heteroatoms. The Labute approximate surface area is 489 Å². The predicted octanol–water partition coefficient (Wildman–Crippen LogP) is 14.6. The van der Waals surface area contributed by atoms with Crippen LogP contribution in [0.1, 0.15) is 150 Å². The van der Waals surface area contributed by atoms with Gasteiger partial charge in [0, 0.05) is 31.6 Å². The summed E-state index contributed by atoms with van der Waals surface area (Å²) in [4.78, 5) is 62.0. The van der Waals surface area contributed by atoms with E-state index < -0.39 is 59.6 Å². The lowest BCUT2D eigenvalue weighted by Gasteiger charge is -2.43. The van der Waals surface area contributed by atoms with Crippen LogP contribution in [0.3, 0.4) is 0 Å². The number of urea groups is 2. The van der Waals surface area contributed by atoms with Crippen molar-refractivity contribution in [3.05, 3.63) is 153 Å². The molecule has 2 atom stereocenters. The molecular weight excluding hydrogens is 1090 g/mol. The smallest absolute Gasteiger partial charge is 0.416 e. The summed E-state index contributed by atoms with van der Waals surface area (Å²) in [6, 6.07) is 23.1. The number of alkyl halides is 6. The quantitative estimate of drug-likeness (QED) is 0.0223. The molecule has 4 amide bonds. The number of hydrogen-bond donors (Lipinski definition) is 0. The first-order valence-corrected chi connectivity index (χ1v) is 28.8. The van der Waals surface area contributed by atoms with Gasteiger partial charge in [-0.15, -0.1) is 0 Å². The molecule has 6 rings (SSSR count). The van der Waals surface area contributed by atoms with Crippen molar-refractivity contribution in [2.45, 2.75) is 129 Å². The SMILES string of the molecule is CCOC(=O)C1=C(C)N(c2cccc(C(F)(F)F)c2)C(=O)N(CCCCCCCC[N+](C)(CCCCCCCCN2C(=O)N(c3cccc(C(F)(F)F)c3)C(C)=C(C(=O)OCC)[C@H]2c2ccc(C#N)cc2)CCOC)[C@@H]1c1ccc(C#N)cc1. The molecule has 450 valence electrons. The molecule has 2 heterocycles. The minimum atomic E-state index is -4.67. The zero-order valence-electron chi connectivity index (χ0n) is 48.8. The lowest BCUT2D eigenvalue weighted by molar-refractivity contribution is -0.910. The number of quaternary nitrogens is 1. The van der Waals surface area contributed by atoms with Crippen LogP contribution < -0.4 is 9.80 Å². The van der Waals surface area contributed by atoms with Gasteiger partial charge in [0.05, 0.1) is 109 Å². The number of esters is 2. The molecule has 2 aliphatic heterocycles. The van der Waals surface area contributed by atoms with Crippen LogP contribution in [0.2, 0.25) is 0 Å². The lowest BCUT2D eigenvalue weighted by atomic mass is 9.91. The Kier molecular flexibility index (Phi) is 23.6. The highest BCUT2D eigenvalue weighted by molar-refractivity contribution is 6.04. The summed E-state index contributed by atoms with van der Waals surface area (Å²) < 4.78 is 101. The van der Waals surface area contributed by atoms with E-state index in [-0.39, 0.29) is 60.2 Å². The van der Waals surface area contributed by atoms with Gasteiger partial charge in [-0.25, -0.2) is 19.2 Å². The van der Waals surface area contributed by atoms with E-state index in [1.54, 1.807) is 69.5 Å². The normalized spacial score (nSPS) is 16.1. The van der Waals surface area contributed by atoms with Crippen molar-refractivity contribution in [2.24, 2.45) is 0 Å². The highest BCUT2D eigenvalue weighted by atomic mass is 19.4. The summed E-state index contributed by atoms with van der Waals surface area (Å²) in [7, 11) is 3.93. The van der Waals surface area contributed by atoms with Crippen molar-refractivity contribution >= 4 is 35.4 Å². The number of carbonyl (C=O) groups is 4. The number of ether oxygens (including phenoxy) is 3. The summed E-state index contributed by atoms with van der Waals surface area (Å²) in [5, 5.41) is 19.0. The van der Waals surface area contributed by atoms with Crippen molar-refractivity contribution < 1.29 is 64.2 Å². The number of unbranched alkanes of at least 4 members (excludes halogenated alkanes) is 10.